The average Bonchev–Trinajstić information content (AvgIpc) is 3.14. The lowest BCUT2D eigenvalue weighted by Gasteiger charge is -2.27. The Balaban J connectivity index is 2.33. The predicted octanol–water partition coefficient (Wildman–Crippen LogP) is 12.4. The second-order valence-corrected chi connectivity index (χ2v) is 12.9. The number of carbonyl (C=O) groups excluding carboxylic acids is 2. The van der Waals surface area contributed by atoms with Crippen LogP contribution in [-0.2, 0) is 43.8 Å². The van der Waals surface area contributed by atoms with Crippen LogP contribution in [0, 0.1) is 0 Å². The van der Waals surface area contributed by atoms with Crippen LogP contribution in [0.3, 0.4) is 0 Å². The van der Waals surface area contributed by atoms with Crippen molar-refractivity contribution in [2.75, 3.05) is 27.4 Å². The fraction of sp³-hybridized carbons (Fsp3) is 0.250. The molecular formula is C40H30F12O6S. The van der Waals surface area contributed by atoms with Gasteiger partial charge in [-0.2, -0.15) is 52.7 Å². The van der Waals surface area contributed by atoms with E-state index in [9.17, 15) is 9.59 Å². The Morgan fingerprint density at radius 3 is 1.14 bits per heavy atom. The number of hydrogen-bond acceptors (Lipinski definition) is 7. The Morgan fingerprint density at radius 2 is 0.847 bits per heavy atom. The zero-order valence-electron chi connectivity index (χ0n) is 30.9. The second-order valence-electron chi connectivity index (χ2n) is 11.8. The molecule has 0 fully saturated rings. The highest BCUT2D eigenvalue weighted by Crippen LogP contribution is 2.56. The van der Waals surface area contributed by atoms with Crippen LogP contribution in [0.1, 0.15) is 47.2 Å². The van der Waals surface area contributed by atoms with E-state index >= 15 is 52.7 Å². The van der Waals surface area contributed by atoms with Crippen molar-refractivity contribution < 1.29 is 81.2 Å². The monoisotopic (exact) mass is 866 g/mol. The quantitative estimate of drug-likeness (QED) is 0.0798. The summed E-state index contributed by atoms with van der Waals surface area (Å²) in [5.41, 5.74) is -15.0. The van der Waals surface area contributed by atoms with E-state index < -0.39 is 103 Å². The van der Waals surface area contributed by atoms with Gasteiger partial charge in [0.15, 0.2) is 0 Å². The molecule has 0 amide bonds. The maximum atomic E-state index is 15.1. The van der Waals surface area contributed by atoms with Crippen LogP contribution < -0.4 is 9.47 Å². The van der Waals surface area contributed by atoms with Crippen LogP contribution in [0.2, 0.25) is 0 Å². The van der Waals surface area contributed by atoms with Crippen molar-refractivity contribution in [3.05, 3.63) is 106 Å². The molecule has 4 aromatic rings. The molecule has 0 bridgehead atoms. The molecule has 0 N–H and O–H groups in total. The molecule has 0 atom stereocenters. The van der Waals surface area contributed by atoms with Crippen molar-refractivity contribution in [2.45, 2.75) is 48.3 Å². The van der Waals surface area contributed by atoms with Crippen molar-refractivity contribution in [3.63, 3.8) is 0 Å². The Labute approximate surface area is 332 Å². The molecule has 0 heterocycles. The lowest BCUT2D eigenvalue weighted by Crippen LogP contribution is -2.22. The SMILES string of the molecule is CCOC(=O)C=Cc1c(-c2ccccc2OC)cc(Sc2cc(-c3ccccc3OC)c(C=CC(=O)OCC)c(C(F)(F)F)c2C(F)(F)F)c(C(F)(F)F)c1C(F)(F)F. The summed E-state index contributed by atoms with van der Waals surface area (Å²) in [6, 6.07) is 10.6. The molecule has 6 nitrogen and oxygen atoms in total. The number of rotatable bonds is 12. The largest absolute Gasteiger partial charge is 0.496 e. The van der Waals surface area contributed by atoms with E-state index in [1.165, 1.54) is 50.2 Å². The number of carbonyl (C=O) groups is 2. The van der Waals surface area contributed by atoms with Gasteiger partial charge in [0, 0.05) is 33.1 Å². The molecule has 4 aromatic carbocycles. The van der Waals surface area contributed by atoms with Crippen LogP contribution in [0.5, 0.6) is 11.5 Å². The summed E-state index contributed by atoms with van der Waals surface area (Å²) < 4.78 is 202. The van der Waals surface area contributed by atoms with E-state index in [2.05, 4.69) is 9.47 Å². The second kappa shape index (κ2) is 18.1. The highest BCUT2D eigenvalue weighted by atomic mass is 32.2. The van der Waals surface area contributed by atoms with Crippen LogP contribution in [0.25, 0.3) is 34.4 Å². The first-order valence-corrected chi connectivity index (χ1v) is 17.7. The van der Waals surface area contributed by atoms with Crippen molar-refractivity contribution in [2.24, 2.45) is 0 Å². The van der Waals surface area contributed by atoms with Gasteiger partial charge in [-0.1, -0.05) is 48.2 Å². The zero-order valence-corrected chi connectivity index (χ0v) is 31.7. The van der Waals surface area contributed by atoms with Gasteiger partial charge in [0.05, 0.1) is 49.7 Å². The van der Waals surface area contributed by atoms with Gasteiger partial charge >= 0.3 is 36.6 Å². The molecular weight excluding hydrogens is 836 g/mol. The van der Waals surface area contributed by atoms with E-state index in [1.54, 1.807) is 0 Å². The molecule has 4 rings (SSSR count). The van der Waals surface area contributed by atoms with Gasteiger partial charge in [0.1, 0.15) is 11.5 Å². The molecule has 0 saturated heterocycles. The maximum Gasteiger partial charge on any atom is 0.418 e. The Hall–Kier alpha value is -5.59. The summed E-state index contributed by atoms with van der Waals surface area (Å²) in [6.07, 6.45) is -22.5. The van der Waals surface area contributed by atoms with Gasteiger partial charge in [0.2, 0.25) is 0 Å². The smallest absolute Gasteiger partial charge is 0.418 e. The summed E-state index contributed by atoms with van der Waals surface area (Å²) in [6.45, 7) is 2.10. The number of halogens is 12. The minimum absolute atomic E-state index is 0.242. The molecule has 0 saturated carbocycles. The highest BCUT2D eigenvalue weighted by Gasteiger charge is 2.50. The average molecular weight is 867 g/mol. The number of hydrogen-bond donors (Lipinski definition) is 0. The molecule has 0 aromatic heterocycles. The van der Waals surface area contributed by atoms with Crippen molar-refractivity contribution in [3.8, 4) is 33.8 Å². The molecule has 0 aliphatic rings. The normalized spacial score (nSPS) is 12.6. The van der Waals surface area contributed by atoms with Gasteiger partial charge in [-0.05, 0) is 72.5 Å². The first-order valence-electron chi connectivity index (χ1n) is 16.8. The van der Waals surface area contributed by atoms with Crippen LogP contribution in [-0.4, -0.2) is 39.4 Å². The van der Waals surface area contributed by atoms with E-state index in [1.807, 2.05) is 0 Å². The maximum absolute atomic E-state index is 15.1. The van der Waals surface area contributed by atoms with Gasteiger partial charge < -0.3 is 18.9 Å². The number of esters is 2. The fourth-order valence-electron chi connectivity index (χ4n) is 5.99. The summed E-state index contributed by atoms with van der Waals surface area (Å²) >= 11 is -0.671. The summed E-state index contributed by atoms with van der Waals surface area (Å²) in [5, 5.41) is 0. The Kier molecular flexibility index (Phi) is 14.2. The number of benzene rings is 4. The third-order valence-electron chi connectivity index (χ3n) is 8.16. The number of para-hydroxylation sites is 2. The first kappa shape index (κ1) is 46.1. The van der Waals surface area contributed by atoms with Gasteiger partial charge in [-0.15, -0.1) is 0 Å². The minimum atomic E-state index is -6.04. The number of ether oxygens (including phenoxy) is 4. The van der Waals surface area contributed by atoms with E-state index in [4.69, 9.17) is 9.47 Å². The van der Waals surface area contributed by atoms with Crippen LogP contribution >= 0.6 is 11.8 Å². The molecule has 19 heteroatoms. The topological polar surface area (TPSA) is 71.1 Å². The van der Waals surface area contributed by atoms with Crippen LogP contribution in [0.15, 0.2) is 82.6 Å². The van der Waals surface area contributed by atoms with E-state index in [-0.39, 0.29) is 35.8 Å². The number of methoxy groups -OCH3 is 2. The molecule has 59 heavy (non-hydrogen) atoms. The van der Waals surface area contributed by atoms with E-state index in [0.717, 1.165) is 26.4 Å². The number of alkyl halides is 12. The summed E-state index contributed by atoms with van der Waals surface area (Å²) in [4.78, 5) is 21.3. The van der Waals surface area contributed by atoms with Crippen molar-refractivity contribution in [1.82, 2.24) is 0 Å². The van der Waals surface area contributed by atoms with Crippen molar-refractivity contribution in [1.29, 1.82) is 0 Å². The summed E-state index contributed by atoms with van der Waals surface area (Å²) in [5.74, 6) is -3.02. The standard InChI is InChI=1S/C40H30F12O6S/c1-5-57-31(53)17-15-23-25(21-11-7-9-13-27(21)55-3)19-29(35(39(47,48)49)33(23)37(41,42)43)59-30-20-26(22-12-8-10-14-28(22)56-4)24(16-18-32(54)58-6-2)34(38(44,45)46)36(30)40(50,51)52/h7-20H,5-6H2,1-4H3. The summed E-state index contributed by atoms with van der Waals surface area (Å²) in [7, 11) is 2.12. The molecule has 0 aliphatic carbocycles. The highest BCUT2D eigenvalue weighted by molar-refractivity contribution is 7.99. The first-order chi connectivity index (χ1) is 27.5. The van der Waals surface area contributed by atoms with Crippen molar-refractivity contribution >= 4 is 35.9 Å². The lowest BCUT2D eigenvalue weighted by molar-refractivity contribution is -0.164. The Bertz CT molecular complexity index is 2100. The lowest BCUT2D eigenvalue weighted by atomic mass is 9.90. The van der Waals surface area contributed by atoms with Crippen LogP contribution in [0.4, 0.5) is 52.7 Å². The van der Waals surface area contributed by atoms with Gasteiger partial charge in [-0.25, -0.2) is 9.59 Å². The van der Waals surface area contributed by atoms with Gasteiger partial charge in [-0.3, -0.25) is 0 Å². The minimum Gasteiger partial charge on any atom is -0.496 e. The van der Waals surface area contributed by atoms with E-state index in [0.29, 0.717) is 36.4 Å². The Morgan fingerprint density at radius 1 is 0.525 bits per heavy atom. The third-order valence-corrected chi connectivity index (χ3v) is 9.24. The zero-order chi connectivity index (χ0) is 44.1. The molecule has 0 radical (unpaired) electrons. The molecule has 0 spiro atoms. The predicted molar refractivity (Wildman–Crippen MR) is 192 cm³/mol. The fourth-order valence-corrected chi connectivity index (χ4v) is 7.22. The third kappa shape index (κ3) is 10.5. The molecule has 0 aliphatic heterocycles. The molecule has 316 valence electrons. The molecule has 0 unspecified atom stereocenters. The van der Waals surface area contributed by atoms with Gasteiger partial charge in [0.25, 0.3) is 0 Å².